The van der Waals surface area contributed by atoms with E-state index in [0.717, 1.165) is 38.0 Å². The molecule has 1 N–H and O–H groups in total. The van der Waals surface area contributed by atoms with Gasteiger partial charge in [-0.05, 0) is 30.7 Å². The van der Waals surface area contributed by atoms with Gasteiger partial charge in [-0.15, -0.1) is 0 Å². The first kappa shape index (κ1) is 21.1. The summed E-state index contributed by atoms with van der Waals surface area (Å²) in [7, 11) is -1.61. The number of hydrogen-bond acceptors (Lipinski definition) is 5. The number of benzene rings is 1. The highest BCUT2D eigenvalue weighted by Crippen LogP contribution is 2.14. The van der Waals surface area contributed by atoms with Gasteiger partial charge in [0.2, 0.25) is 0 Å². The summed E-state index contributed by atoms with van der Waals surface area (Å²) in [6, 6.07) is 14.3. The third-order valence-corrected chi connectivity index (χ3v) is 6.94. The molecule has 0 bridgehead atoms. The maximum absolute atomic E-state index is 12.7. The molecule has 2 heterocycles. The molecule has 1 aromatic carbocycles. The number of anilines is 1. The third-order valence-electron chi connectivity index (χ3n) is 5.11. The molecule has 1 unspecified atom stereocenters. The van der Waals surface area contributed by atoms with E-state index in [1.165, 1.54) is 0 Å². The summed E-state index contributed by atoms with van der Waals surface area (Å²) in [5.41, 5.74) is 0. The number of nitrogens with zero attached hydrogens (tertiary/aromatic N) is 4. The SMILES string of the molecule is CCC(CS(=O)(=O)c1ccccc1)NC(=NC)N1CCN(c2ccccn2)CC1. The topological polar surface area (TPSA) is 77.9 Å². The molecule has 2 aromatic rings. The zero-order chi connectivity index (χ0) is 20.7. The van der Waals surface area contributed by atoms with Gasteiger partial charge in [0.05, 0.1) is 10.6 Å². The van der Waals surface area contributed by atoms with Crippen molar-refractivity contribution in [3.05, 3.63) is 54.7 Å². The molecule has 1 saturated heterocycles. The van der Waals surface area contributed by atoms with Gasteiger partial charge in [-0.1, -0.05) is 31.2 Å². The van der Waals surface area contributed by atoms with Gasteiger partial charge in [0, 0.05) is 45.5 Å². The van der Waals surface area contributed by atoms with Gasteiger partial charge in [-0.2, -0.15) is 0 Å². The van der Waals surface area contributed by atoms with Crippen molar-refractivity contribution in [3.63, 3.8) is 0 Å². The van der Waals surface area contributed by atoms with Gasteiger partial charge in [0.1, 0.15) is 5.82 Å². The van der Waals surface area contributed by atoms with E-state index in [1.54, 1.807) is 37.5 Å². The molecule has 0 radical (unpaired) electrons. The molecule has 3 rings (SSSR count). The van der Waals surface area contributed by atoms with E-state index < -0.39 is 9.84 Å². The smallest absolute Gasteiger partial charge is 0.194 e. The summed E-state index contributed by atoms with van der Waals surface area (Å²) >= 11 is 0. The molecule has 1 aliphatic rings. The van der Waals surface area contributed by atoms with Gasteiger partial charge >= 0.3 is 0 Å². The highest BCUT2D eigenvalue weighted by molar-refractivity contribution is 7.91. The Kier molecular flexibility index (Phi) is 7.09. The highest BCUT2D eigenvalue weighted by atomic mass is 32.2. The van der Waals surface area contributed by atoms with Crippen LogP contribution in [0.3, 0.4) is 0 Å². The number of guanidine groups is 1. The summed E-state index contributed by atoms with van der Waals surface area (Å²) in [6.07, 6.45) is 2.50. The van der Waals surface area contributed by atoms with Crippen LogP contribution in [-0.4, -0.2) is 69.3 Å². The lowest BCUT2D eigenvalue weighted by Crippen LogP contribution is -2.55. The standard InChI is InChI=1S/C21H29N5O2S/c1-3-18(17-29(27,28)19-9-5-4-6-10-19)24-21(22-2)26-15-13-25(14-16-26)20-11-7-8-12-23-20/h4-12,18H,3,13-17H2,1-2H3,(H,22,24). The fourth-order valence-electron chi connectivity index (χ4n) is 3.42. The predicted octanol–water partition coefficient (Wildman–Crippen LogP) is 2.03. The van der Waals surface area contributed by atoms with Crippen LogP contribution < -0.4 is 10.2 Å². The molecular formula is C21H29N5O2S. The number of sulfone groups is 1. The maximum Gasteiger partial charge on any atom is 0.194 e. The Morgan fingerprint density at radius 2 is 1.79 bits per heavy atom. The van der Waals surface area contributed by atoms with Crippen LogP contribution in [0.25, 0.3) is 0 Å². The molecule has 1 fully saturated rings. The Morgan fingerprint density at radius 1 is 1.10 bits per heavy atom. The number of rotatable bonds is 6. The number of nitrogens with one attached hydrogen (secondary N) is 1. The fraction of sp³-hybridized carbons (Fsp3) is 0.429. The molecular weight excluding hydrogens is 386 g/mol. The van der Waals surface area contributed by atoms with Crippen LogP contribution >= 0.6 is 0 Å². The van der Waals surface area contributed by atoms with Gasteiger partial charge in [-0.3, -0.25) is 4.99 Å². The third kappa shape index (κ3) is 5.47. The van der Waals surface area contributed by atoms with E-state index in [1.807, 2.05) is 31.2 Å². The molecule has 1 atom stereocenters. The summed E-state index contributed by atoms with van der Waals surface area (Å²) in [4.78, 5) is 13.6. The Hall–Kier alpha value is -2.61. The van der Waals surface area contributed by atoms with E-state index in [9.17, 15) is 8.42 Å². The van der Waals surface area contributed by atoms with E-state index in [2.05, 4.69) is 25.1 Å². The lowest BCUT2D eigenvalue weighted by Gasteiger charge is -2.38. The summed E-state index contributed by atoms with van der Waals surface area (Å²) in [6.45, 7) is 5.29. The van der Waals surface area contributed by atoms with Gasteiger partial charge in [0.25, 0.3) is 0 Å². The second-order valence-electron chi connectivity index (χ2n) is 7.05. The zero-order valence-corrected chi connectivity index (χ0v) is 17.8. The largest absolute Gasteiger partial charge is 0.353 e. The lowest BCUT2D eigenvalue weighted by atomic mass is 10.2. The van der Waals surface area contributed by atoms with Crippen molar-refractivity contribution in [2.45, 2.75) is 24.3 Å². The maximum atomic E-state index is 12.7. The van der Waals surface area contributed by atoms with Gasteiger partial charge in [-0.25, -0.2) is 13.4 Å². The first-order valence-corrected chi connectivity index (χ1v) is 11.6. The Labute approximate surface area is 173 Å². The van der Waals surface area contributed by atoms with Crippen LogP contribution in [0.4, 0.5) is 5.82 Å². The van der Waals surface area contributed by atoms with Crippen molar-refractivity contribution in [3.8, 4) is 0 Å². The van der Waals surface area contributed by atoms with Crippen LogP contribution in [-0.2, 0) is 9.84 Å². The molecule has 0 amide bonds. The molecule has 0 spiro atoms. The minimum absolute atomic E-state index is 0.0421. The second-order valence-corrected chi connectivity index (χ2v) is 9.09. The van der Waals surface area contributed by atoms with E-state index >= 15 is 0 Å². The molecule has 1 aromatic heterocycles. The summed E-state index contributed by atoms with van der Waals surface area (Å²) < 4.78 is 25.5. The molecule has 29 heavy (non-hydrogen) atoms. The number of aliphatic imine (C=N–C) groups is 1. The van der Waals surface area contributed by atoms with Crippen molar-refractivity contribution >= 4 is 21.6 Å². The molecule has 156 valence electrons. The lowest BCUT2D eigenvalue weighted by molar-refractivity contribution is 0.366. The second kappa shape index (κ2) is 9.73. The van der Waals surface area contributed by atoms with E-state index in [-0.39, 0.29) is 11.8 Å². The van der Waals surface area contributed by atoms with Crippen molar-refractivity contribution in [1.29, 1.82) is 0 Å². The van der Waals surface area contributed by atoms with Gasteiger partial charge < -0.3 is 15.1 Å². The van der Waals surface area contributed by atoms with Gasteiger partial charge in [0.15, 0.2) is 15.8 Å². The van der Waals surface area contributed by atoms with Crippen molar-refractivity contribution < 1.29 is 8.42 Å². The average molecular weight is 416 g/mol. The van der Waals surface area contributed by atoms with Crippen LogP contribution in [0.15, 0.2) is 64.6 Å². The number of aromatic nitrogens is 1. The van der Waals surface area contributed by atoms with Crippen LogP contribution in [0.2, 0.25) is 0 Å². The Balaban J connectivity index is 1.60. The minimum atomic E-state index is -3.35. The molecule has 1 aliphatic heterocycles. The normalized spacial score (nSPS) is 16.6. The average Bonchev–Trinajstić information content (AvgIpc) is 2.78. The number of pyridine rings is 1. The van der Waals surface area contributed by atoms with Crippen LogP contribution in [0.1, 0.15) is 13.3 Å². The minimum Gasteiger partial charge on any atom is -0.353 e. The molecule has 7 nitrogen and oxygen atoms in total. The fourth-order valence-corrected chi connectivity index (χ4v) is 5.03. The molecule has 8 heteroatoms. The van der Waals surface area contributed by atoms with Crippen molar-refractivity contribution in [2.75, 3.05) is 43.9 Å². The first-order valence-electron chi connectivity index (χ1n) is 9.95. The van der Waals surface area contributed by atoms with Crippen molar-refractivity contribution in [2.24, 2.45) is 4.99 Å². The summed E-state index contributed by atoms with van der Waals surface area (Å²) in [5.74, 6) is 1.77. The quantitative estimate of drug-likeness (QED) is 0.575. The number of hydrogen-bond donors (Lipinski definition) is 1. The van der Waals surface area contributed by atoms with E-state index in [4.69, 9.17) is 0 Å². The Bertz CT molecular complexity index is 895. The first-order chi connectivity index (χ1) is 14.0. The zero-order valence-electron chi connectivity index (χ0n) is 17.0. The van der Waals surface area contributed by atoms with Crippen molar-refractivity contribution in [1.82, 2.24) is 15.2 Å². The summed E-state index contributed by atoms with van der Waals surface area (Å²) in [5, 5.41) is 3.37. The highest BCUT2D eigenvalue weighted by Gasteiger charge is 2.25. The van der Waals surface area contributed by atoms with E-state index in [0.29, 0.717) is 11.3 Å². The predicted molar refractivity (Wildman–Crippen MR) is 117 cm³/mol. The Morgan fingerprint density at radius 3 is 2.38 bits per heavy atom. The number of piperazine rings is 1. The molecule has 0 aliphatic carbocycles. The monoisotopic (exact) mass is 415 g/mol. The molecule has 0 saturated carbocycles. The van der Waals surface area contributed by atoms with Crippen LogP contribution in [0.5, 0.6) is 0 Å². The van der Waals surface area contributed by atoms with Crippen LogP contribution in [0, 0.1) is 0 Å².